The van der Waals surface area contributed by atoms with E-state index in [-0.39, 0.29) is 38.8 Å². The SMILES string of the molecule is COC(=O)c1ccc(CN(C(=O)N2CCN(C(=O)O)CC2)c2cccc(F)c2)cc1. The minimum atomic E-state index is -1.02. The zero-order valence-electron chi connectivity index (χ0n) is 16.5. The molecule has 1 aliphatic rings. The number of halogens is 1. The van der Waals surface area contributed by atoms with Crippen LogP contribution in [-0.2, 0) is 11.3 Å². The molecule has 0 atom stereocenters. The van der Waals surface area contributed by atoms with Crippen LogP contribution in [0.15, 0.2) is 48.5 Å². The largest absolute Gasteiger partial charge is 0.465 e. The molecule has 9 heteroatoms. The lowest BCUT2D eigenvalue weighted by Gasteiger charge is -2.36. The Labute approximate surface area is 173 Å². The van der Waals surface area contributed by atoms with Crippen molar-refractivity contribution in [2.75, 3.05) is 38.2 Å². The van der Waals surface area contributed by atoms with Gasteiger partial charge < -0.3 is 19.6 Å². The molecule has 1 aliphatic heterocycles. The number of methoxy groups -OCH3 is 1. The van der Waals surface area contributed by atoms with Crippen molar-refractivity contribution >= 4 is 23.8 Å². The van der Waals surface area contributed by atoms with E-state index in [4.69, 9.17) is 5.11 Å². The molecule has 1 N–H and O–H groups in total. The van der Waals surface area contributed by atoms with Crippen LogP contribution < -0.4 is 4.90 Å². The first-order valence-corrected chi connectivity index (χ1v) is 9.36. The first kappa shape index (κ1) is 21.1. The number of carbonyl (C=O) groups excluding carboxylic acids is 2. The van der Waals surface area contributed by atoms with Crippen LogP contribution in [0.5, 0.6) is 0 Å². The van der Waals surface area contributed by atoms with Gasteiger partial charge in [0.15, 0.2) is 0 Å². The molecule has 0 bridgehead atoms. The Bertz CT molecular complexity index is 926. The number of nitrogens with zero attached hydrogens (tertiary/aromatic N) is 3. The summed E-state index contributed by atoms with van der Waals surface area (Å²) in [5, 5.41) is 9.09. The van der Waals surface area contributed by atoms with Crippen molar-refractivity contribution < 1.29 is 28.6 Å². The lowest BCUT2D eigenvalue weighted by Crippen LogP contribution is -2.53. The number of benzene rings is 2. The average Bonchev–Trinajstić information content (AvgIpc) is 2.77. The number of hydrogen-bond acceptors (Lipinski definition) is 4. The maximum Gasteiger partial charge on any atom is 0.407 e. The van der Waals surface area contributed by atoms with Gasteiger partial charge in [0.25, 0.3) is 0 Å². The van der Waals surface area contributed by atoms with E-state index < -0.39 is 17.9 Å². The van der Waals surface area contributed by atoms with Crippen molar-refractivity contribution in [1.29, 1.82) is 0 Å². The van der Waals surface area contributed by atoms with Gasteiger partial charge in [-0.25, -0.2) is 18.8 Å². The van der Waals surface area contributed by atoms with Crippen molar-refractivity contribution in [2.45, 2.75) is 6.54 Å². The van der Waals surface area contributed by atoms with Crippen LogP contribution in [0.4, 0.5) is 19.7 Å². The number of ether oxygens (including phenoxy) is 1. The van der Waals surface area contributed by atoms with Crippen molar-refractivity contribution in [1.82, 2.24) is 9.80 Å². The van der Waals surface area contributed by atoms with Crippen molar-refractivity contribution in [3.05, 3.63) is 65.5 Å². The molecule has 0 radical (unpaired) electrons. The predicted molar refractivity (Wildman–Crippen MR) is 107 cm³/mol. The van der Waals surface area contributed by atoms with Gasteiger partial charge in [-0.2, -0.15) is 0 Å². The highest BCUT2D eigenvalue weighted by molar-refractivity contribution is 5.92. The quantitative estimate of drug-likeness (QED) is 0.776. The zero-order valence-corrected chi connectivity index (χ0v) is 16.5. The van der Waals surface area contributed by atoms with E-state index in [0.29, 0.717) is 11.3 Å². The average molecular weight is 415 g/mol. The van der Waals surface area contributed by atoms with Gasteiger partial charge in [-0.05, 0) is 35.9 Å². The van der Waals surface area contributed by atoms with Gasteiger partial charge in [0.1, 0.15) is 5.82 Å². The molecule has 1 fully saturated rings. The van der Waals surface area contributed by atoms with E-state index in [1.54, 1.807) is 35.2 Å². The van der Waals surface area contributed by atoms with Crippen LogP contribution in [0.1, 0.15) is 15.9 Å². The molecule has 1 heterocycles. The molecule has 1 saturated heterocycles. The van der Waals surface area contributed by atoms with Gasteiger partial charge in [0.05, 0.1) is 19.2 Å². The lowest BCUT2D eigenvalue weighted by atomic mass is 10.1. The Morgan fingerprint density at radius 3 is 2.23 bits per heavy atom. The smallest absolute Gasteiger partial charge is 0.407 e. The molecular weight excluding hydrogens is 393 g/mol. The number of rotatable bonds is 4. The molecule has 3 rings (SSSR count). The number of amides is 3. The van der Waals surface area contributed by atoms with Gasteiger partial charge in [0, 0.05) is 31.9 Å². The van der Waals surface area contributed by atoms with Gasteiger partial charge in [0.2, 0.25) is 0 Å². The summed E-state index contributed by atoms with van der Waals surface area (Å²) in [6.45, 7) is 1.08. The Hall–Kier alpha value is -3.62. The summed E-state index contributed by atoms with van der Waals surface area (Å²) in [6, 6.07) is 12.0. The molecule has 2 aromatic rings. The third-order valence-electron chi connectivity index (χ3n) is 4.89. The number of hydrogen-bond donors (Lipinski definition) is 1. The fourth-order valence-electron chi connectivity index (χ4n) is 3.22. The lowest BCUT2D eigenvalue weighted by molar-refractivity contribution is 0.0600. The molecule has 0 aromatic heterocycles. The number of urea groups is 1. The molecule has 2 aromatic carbocycles. The number of anilines is 1. The molecule has 0 unspecified atom stereocenters. The summed E-state index contributed by atoms with van der Waals surface area (Å²) in [5.41, 5.74) is 1.51. The minimum absolute atomic E-state index is 0.156. The van der Waals surface area contributed by atoms with Gasteiger partial charge in [-0.1, -0.05) is 18.2 Å². The molecule has 8 nitrogen and oxygen atoms in total. The van der Waals surface area contributed by atoms with Crippen LogP contribution in [0.25, 0.3) is 0 Å². The molecule has 0 saturated carbocycles. The van der Waals surface area contributed by atoms with Gasteiger partial charge >= 0.3 is 18.1 Å². The number of esters is 1. The van der Waals surface area contributed by atoms with E-state index in [9.17, 15) is 18.8 Å². The highest BCUT2D eigenvalue weighted by Gasteiger charge is 2.28. The van der Waals surface area contributed by atoms with Crippen LogP contribution in [0.2, 0.25) is 0 Å². The Morgan fingerprint density at radius 1 is 1.03 bits per heavy atom. The standard InChI is InChI=1S/C21H22FN3O5/c1-30-19(26)16-7-5-15(6-8-16)14-25(18-4-2-3-17(22)13-18)20(27)23-9-11-24(12-10-23)21(28)29/h2-8,13H,9-12,14H2,1H3,(H,28,29). The minimum Gasteiger partial charge on any atom is -0.465 e. The molecule has 3 amide bonds. The Balaban J connectivity index is 1.81. The zero-order chi connectivity index (χ0) is 21.7. The summed E-state index contributed by atoms with van der Waals surface area (Å²) < 4.78 is 18.5. The molecule has 158 valence electrons. The monoisotopic (exact) mass is 415 g/mol. The topological polar surface area (TPSA) is 90.4 Å². The molecule has 0 aliphatic carbocycles. The fourth-order valence-corrected chi connectivity index (χ4v) is 3.22. The van der Waals surface area contributed by atoms with E-state index >= 15 is 0 Å². The second-order valence-corrected chi connectivity index (χ2v) is 6.79. The molecule has 30 heavy (non-hydrogen) atoms. The fraction of sp³-hybridized carbons (Fsp3) is 0.286. The predicted octanol–water partition coefficient (Wildman–Crippen LogP) is 3.03. The van der Waals surface area contributed by atoms with Crippen molar-refractivity contribution in [2.24, 2.45) is 0 Å². The van der Waals surface area contributed by atoms with Crippen LogP contribution in [0.3, 0.4) is 0 Å². The number of carboxylic acid groups (broad SMARTS) is 1. The maximum atomic E-state index is 13.8. The van der Waals surface area contributed by atoms with Crippen LogP contribution in [0, 0.1) is 5.82 Å². The summed E-state index contributed by atoms with van der Waals surface area (Å²) in [6.07, 6.45) is -1.02. The Kier molecular flexibility index (Phi) is 6.51. The third kappa shape index (κ3) is 4.86. The summed E-state index contributed by atoms with van der Waals surface area (Å²) in [7, 11) is 1.30. The first-order valence-electron chi connectivity index (χ1n) is 9.36. The first-order chi connectivity index (χ1) is 14.4. The molecular formula is C21H22FN3O5. The summed E-state index contributed by atoms with van der Waals surface area (Å²) >= 11 is 0. The summed E-state index contributed by atoms with van der Waals surface area (Å²) in [5.74, 6) is -0.932. The Morgan fingerprint density at radius 2 is 1.67 bits per heavy atom. The van der Waals surface area contributed by atoms with E-state index in [1.807, 2.05) is 0 Å². The van der Waals surface area contributed by atoms with Crippen molar-refractivity contribution in [3.63, 3.8) is 0 Å². The third-order valence-corrected chi connectivity index (χ3v) is 4.89. The van der Waals surface area contributed by atoms with E-state index in [1.165, 1.54) is 35.1 Å². The summed E-state index contributed by atoms with van der Waals surface area (Å²) in [4.78, 5) is 40.2. The highest BCUT2D eigenvalue weighted by atomic mass is 19.1. The maximum absolute atomic E-state index is 13.8. The number of piperazine rings is 1. The van der Waals surface area contributed by atoms with E-state index in [0.717, 1.165) is 5.56 Å². The molecule has 0 spiro atoms. The van der Waals surface area contributed by atoms with E-state index in [2.05, 4.69) is 4.74 Å². The van der Waals surface area contributed by atoms with Crippen LogP contribution in [-0.4, -0.2) is 66.3 Å². The van der Waals surface area contributed by atoms with Gasteiger partial charge in [-0.15, -0.1) is 0 Å². The highest BCUT2D eigenvalue weighted by Crippen LogP contribution is 2.21. The van der Waals surface area contributed by atoms with Crippen LogP contribution >= 0.6 is 0 Å². The number of carbonyl (C=O) groups is 3. The second-order valence-electron chi connectivity index (χ2n) is 6.79. The second kappa shape index (κ2) is 9.25. The normalized spacial score (nSPS) is 13.7. The van der Waals surface area contributed by atoms with Gasteiger partial charge in [-0.3, -0.25) is 4.90 Å². The van der Waals surface area contributed by atoms with Crippen molar-refractivity contribution in [3.8, 4) is 0 Å².